The van der Waals surface area contributed by atoms with E-state index in [4.69, 9.17) is 5.11 Å². The standard InChI is InChI=1S/C11H9BrIN3O2S/c1-6-14-15-11(19-5-10(17)18)16(6)7-2-3-9(13)8(12)4-7/h2-4H,5H2,1H3,(H,17,18). The highest BCUT2D eigenvalue weighted by Gasteiger charge is 2.13. The molecule has 0 unspecified atom stereocenters. The number of aryl methyl sites for hydroxylation is 1. The first-order valence-electron chi connectivity index (χ1n) is 5.21. The summed E-state index contributed by atoms with van der Waals surface area (Å²) in [6.45, 7) is 1.84. The summed E-state index contributed by atoms with van der Waals surface area (Å²) in [4.78, 5) is 10.6. The van der Waals surface area contributed by atoms with Crippen LogP contribution in [0.5, 0.6) is 0 Å². The van der Waals surface area contributed by atoms with Crippen LogP contribution in [0.4, 0.5) is 0 Å². The molecule has 100 valence electrons. The van der Waals surface area contributed by atoms with E-state index in [9.17, 15) is 4.79 Å². The second-order valence-electron chi connectivity index (χ2n) is 3.65. The van der Waals surface area contributed by atoms with Gasteiger partial charge in [-0.15, -0.1) is 10.2 Å². The molecule has 1 aromatic heterocycles. The Bertz CT molecular complexity index is 632. The van der Waals surface area contributed by atoms with Crippen LogP contribution in [0.15, 0.2) is 27.8 Å². The molecular formula is C11H9BrIN3O2S. The Morgan fingerprint density at radius 3 is 2.89 bits per heavy atom. The topological polar surface area (TPSA) is 68.0 Å². The zero-order valence-corrected chi connectivity index (χ0v) is 14.4. The summed E-state index contributed by atoms with van der Waals surface area (Å²) in [5.74, 6) is -0.189. The maximum absolute atomic E-state index is 10.6. The molecule has 0 amide bonds. The number of thioether (sulfide) groups is 1. The highest BCUT2D eigenvalue weighted by Crippen LogP contribution is 2.26. The smallest absolute Gasteiger partial charge is 0.313 e. The van der Waals surface area contributed by atoms with Gasteiger partial charge >= 0.3 is 5.97 Å². The largest absolute Gasteiger partial charge is 0.481 e. The highest BCUT2D eigenvalue weighted by atomic mass is 127. The van der Waals surface area contributed by atoms with Crippen molar-refractivity contribution in [1.82, 2.24) is 14.8 Å². The second-order valence-corrected chi connectivity index (χ2v) is 6.61. The zero-order chi connectivity index (χ0) is 14.0. The summed E-state index contributed by atoms with van der Waals surface area (Å²) in [6.07, 6.45) is 0. The lowest BCUT2D eigenvalue weighted by atomic mass is 10.3. The molecule has 0 spiro atoms. The monoisotopic (exact) mass is 453 g/mol. The minimum Gasteiger partial charge on any atom is -0.481 e. The maximum atomic E-state index is 10.6. The van der Waals surface area contributed by atoms with Crippen molar-refractivity contribution in [2.75, 3.05) is 5.75 Å². The van der Waals surface area contributed by atoms with Gasteiger partial charge in [-0.1, -0.05) is 11.8 Å². The third-order valence-corrected chi connectivity index (χ3v) is 5.53. The van der Waals surface area contributed by atoms with Crippen LogP contribution in [0.3, 0.4) is 0 Å². The van der Waals surface area contributed by atoms with Gasteiger partial charge in [0.2, 0.25) is 0 Å². The number of carboxylic acid groups (broad SMARTS) is 1. The van der Waals surface area contributed by atoms with E-state index in [1.807, 2.05) is 29.7 Å². The Kier molecular flexibility index (Phi) is 4.85. The average Bonchev–Trinajstić information content (AvgIpc) is 2.71. The number of nitrogens with zero attached hydrogens (tertiary/aromatic N) is 3. The van der Waals surface area contributed by atoms with Crippen LogP contribution >= 0.6 is 50.3 Å². The van der Waals surface area contributed by atoms with Crippen LogP contribution < -0.4 is 0 Å². The predicted molar refractivity (Wildman–Crippen MR) is 84.9 cm³/mol. The number of benzene rings is 1. The van der Waals surface area contributed by atoms with Gasteiger partial charge < -0.3 is 5.11 Å². The number of rotatable bonds is 4. The summed E-state index contributed by atoms with van der Waals surface area (Å²) >= 11 is 6.87. The fraction of sp³-hybridized carbons (Fsp3) is 0.182. The van der Waals surface area contributed by atoms with Crippen molar-refractivity contribution >= 4 is 56.3 Å². The number of carboxylic acids is 1. The summed E-state index contributed by atoms with van der Waals surface area (Å²) < 4.78 is 3.92. The molecule has 8 heteroatoms. The van der Waals surface area contributed by atoms with Crippen molar-refractivity contribution in [3.8, 4) is 5.69 Å². The van der Waals surface area contributed by atoms with Gasteiger partial charge in [-0.05, 0) is 63.6 Å². The summed E-state index contributed by atoms with van der Waals surface area (Å²) in [5, 5.41) is 17.3. The molecule has 0 saturated heterocycles. The Hall–Kier alpha value is -0.610. The van der Waals surface area contributed by atoms with Gasteiger partial charge in [-0.2, -0.15) is 0 Å². The summed E-state index contributed by atoms with van der Waals surface area (Å²) in [5.41, 5.74) is 0.905. The molecule has 1 aromatic carbocycles. The van der Waals surface area contributed by atoms with Crippen molar-refractivity contribution in [2.24, 2.45) is 0 Å². The van der Waals surface area contributed by atoms with E-state index in [0.717, 1.165) is 31.3 Å². The Labute approximate surface area is 136 Å². The Morgan fingerprint density at radius 2 is 2.26 bits per heavy atom. The van der Waals surface area contributed by atoms with E-state index in [1.54, 1.807) is 0 Å². The first-order valence-corrected chi connectivity index (χ1v) is 8.07. The fourth-order valence-corrected chi connectivity index (χ4v) is 2.90. The highest BCUT2D eigenvalue weighted by molar-refractivity contribution is 14.1. The van der Waals surface area contributed by atoms with Crippen molar-refractivity contribution in [1.29, 1.82) is 0 Å². The third kappa shape index (κ3) is 3.48. The first kappa shape index (κ1) is 14.8. The van der Waals surface area contributed by atoms with Gasteiger partial charge in [0.15, 0.2) is 5.16 Å². The lowest BCUT2D eigenvalue weighted by Crippen LogP contribution is -2.03. The normalized spacial score (nSPS) is 10.7. The van der Waals surface area contributed by atoms with Crippen LogP contribution in [0, 0.1) is 10.5 Å². The van der Waals surface area contributed by atoms with E-state index in [1.165, 1.54) is 0 Å². The number of hydrogen-bond donors (Lipinski definition) is 1. The molecule has 1 heterocycles. The van der Waals surface area contributed by atoms with Crippen molar-refractivity contribution in [3.63, 3.8) is 0 Å². The molecule has 2 aromatic rings. The molecule has 0 fully saturated rings. The van der Waals surface area contributed by atoms with Gasteiger partial charge in [0.1, 0.15) is 5.82 Å². The molecule has 0 saturated carbocycles. The number of halogens is 2. The number of aromatic nitrogens is 3. The lowest BCUT2D eigenvalue weighted by molar-refractivity contribution is -0.133. The maximum Gasteiger partial charge on any atom is 0.313 e. The van der Waals surface area contributed by atoms with Crippen LogP contribution in [0.25, 0.3) is 5.69 Å². The zero-order valence-electron chi connectivity index (χ0n) is 9.80. The third-order valence-electron chi connectivity index (χ3n) is 2.28. The fourth-order valence-electron chi connectivity index (χ4n) is 1.48. The van der Waals surface area contributed by atoms with Crippen LogP contribution in [-0.2, 0) is 4.79 Å². The molecule has 0 aliphatic carbocycles. The van der Waals surface area contributed by atoms with E-state index < -0.39 is 5.97 Å². The van der Waals surface area contributed by atoms with Crippen molar-refractivity contribution in [2.45, 2.75) is 12.1 Å². The molecule has 0 atom stereocenters. The Balaban J connectivity index is 2.40. The molecule has 0 bridgehead atoms. The molecule has 5 nitrogen and oxygen atoms in total. The summed E-state index contributed by atoms with van der Waals surface area (Å²) in [7, 11) is 0. The second kappa shape index (κ2) is 6.23. The molecule has 2 rings (SSSR count). The average molecular weight is 454 g/mol. The van der Waals surface area contributed by atoms with E-state index in [-0.39, 0.29) is 5.75 Å². The minimum atomic E-state index is -0.874. The number of carbonyl (C=O) groups is 1. The Morgan fingerprint density at radius 1 is 1.53 bits per heavy atom. The molecule has 0 aliphatic rings. The number of hydrogen-bond acceptors (Lipinski definition) is 4. The molecule has 0 aliphatic heterocycles. The van der Waals surface area contributed by atoms with Gasteiger partial charge in [-0.3, -0.25) is 9.36 Å². The van der Waals surface area contributed by atoms with Crippen molar-refractivity contribution < 1.29 is 9.90 Å². The quantitative estimate of drug-likeness (QED) is 0.569. The SMILES string of the molecule is Cc1nnc(SCC(=O)O)n1-c1ccc(I)c(Br)c1. The van der Waals surface area contributed by atoms with Crippen LogP contribution in [0.1, 0.15) is 5.82 Å². The molecule has 1 N–H and O–H groups in total. The minimum absolute atomic E-state index is 0.0380. The van der Waals surface area contributed by atoms with Gasteiger partial charge in [-0.25, -0.2) is 0 Å². The van der Waals surface area contributed by atoms with E-state index in [0.29, 0.717) is 5.16 Å². The van der Waals surface area contributed by atoms with Crippen molar-refractivity contribution in [3.05, 3.63) is 32.1 Å². The molecular weight excluding hydrogens is 445 g/mol. The lowest BCUT2D eigenvalue weighted by Gasteiger charge is -2.08. The molecule has 19 heavy (non-hydrogen) atoms. The van der Waals surface area contributed by atoms with Gasteiger partial charge in [0.25, 0.3) is 0 Å². The summed E-state index contributed by atoms with van der Waals surface area (Å²) in [6, 6.07) is 5.89. The van der Waals surface area contributed by atoms with Gasteiger partial charge in [0, 0.05) is 8.04 Å². The predicted octanol–water partition coefficient (Wildman–Crippen LogP) is 3.12. The molecule has 0 radical (unpaired) electrons. The van der Waals surface area contributed by atoms with Crippen LogP contribution in [0.2, 0.25) is 0 Å². The first-order chi connectivity index (χ1) is 8.99. The van der Waals surface area contributed by atoms with Gasteiger partial charge in [0.05, 0.1) is 11.4 Å². The van der Waals surface area contributed by atoms with E-state index in [2.05, 4.69) is 48.7 Å². The number of aliphatic carboxylic acids is 1. The van der Waals surface area contributed by atoms with Crippen LogP contribution in [-0.4, -0.2) is 31.6 Å². The van der Waals surface area contributed by atoms with E-state index >= 15 is 0 Å².